The predicted octanol–water partition coefficient (Wildman–Crippen LogP) is 3.67. The highest BCUT2D eigenvalue weighted by Gasteiger charge is 2.51. The second-order valence-electron chi connectivity index (χ2n) is 6.89. The van der Waals surface area contributed by atoms with Crippen LogP contribution in [-0.4, -0.2) is 18.3 Å². The van der Waals surface area contributed by atoms with E-state index in [0.29, 0.717) is 5.56 Å². The molecule has 0 aromatic heterocycles. The van der Waals surface area contributed by atoms with Crippen LogP contribution in [0, 0.1) is 11.3 Å². The Hall–Kier alpha value is -1.57. The first-order valence-corrected chi connectivity index (χ1v) is 7.77. The second-order valence-corrected chi connectivity index (χ2v) is 6.89. The van der Waals surface area contributed by atoms with Crippen LogP contribution in [0.1, 0.15) is 59.1 Å². The van der Waals surface area contributed by atoms with Crippen LogP contribution in [0.5, 0.6) is 0 Å². The lowest BCUT2D eigenvalue weighted by Gasteiger charge is -2.32. The Labute approximate surface area is 134 Å². The molecule has 0 unspecified atom stereocenters. The van der Waals surface area contributed by atoms with Gasteiger partial charge in [-0.1, -0.05) is 30.7 Å². The van der Waals surface area contributed by atoms with Crippen LogP contribution in [0.15, 0.2) is 23.8 Å². The van der Waals surface area contributed by atoms with E-state index in [1.54, 1.807) is 0 Å². The third-order valence-corrected chi connectivity index (χ3v) is 4.68. The van der Waals surface area contributed by atoms with E-state index in [4.69, 9.17) is 9.31 Å². The monoisotopic (exact) mass is 297 g/mol. The minimum atomic E-state index is -0.428. The van der Waals surface area contributed by atoms with E-state index in [1.165, 1.54) is 5.57 Å². The molecule has 4 heteroatoms. The second kappa shape index (κ2) is 5.91. The number of rotatable bonds is 3. The largest absolute Gasteiger partial charge is 0.494 e. The maximum absolute atomic E-state index is 9.42. The molecule has 1 aliphatic rings. The number of nitriles is 1. The number of hydrogen-bond donors (Lipinski definition) is 0. The van der Waals surface area contributed by atoms with Crippen molar-refractivity contribution in [1.82, 2.24) is 0 Å². The van der Waals surface area contributed by atoms with E-state index in [9.17, 15) is 5.26 Å². The highest BCUT2D eigenvalue weighted by Crippen LogP contribution is 2.36. The lowest BCUT2D eigenvalue weighted by atomic mass is 9.77. The highest BCUT2D eigenvalue weighted by atomic mass is 16.7. The molecule has 1 heterocycles. The molecule has 22 heavy (non-hydrogen) atoms. The van der Waals surface area contributed by atoms with Crippen molar-refractivity contribution in [3.8, 4) is 6.07 Å². The Morgan fingerprint density at radius 1 is 1.23 bits per heavy atom. The summed E-state index contributed by atoms with van der Waals surface area (Å²) in [6.45, 7) is 12.3. The van der Waals surface area contributed by atoms with Crippen LogP contribution < -0.4 is 5.46 Å². The normalized spacial score (nSPS) is 20.0. The van der Waals surface area contributed by atoms with Crippen molar-refractivity contribution < 1.29 is 9.31 Å². The van der Waals surface area contributed by atoms with E-state index in [0.717, 1.165) is 17.4 Å². The molecule has 0 atom stereocenters. The van der Waals surface area contributed by atoms with E-state index in [-0.39, 0.29) is 11.2 Å². The van der Waals surface area contributed by atoms with Gasteiger partial charge < -0.3 is 9.31 Å². The zero-order chi connectivity index (χ0) is 16.5. The van der Waals surface area contributed by atoms with Crippen LogP contribution in [0.3, 0.4) is 0 Å². The molecule has 1 aliphatic heterocycles. The molecule has 1 aromatic rings. The first-order chi connectivity index (χ1) is 10.2. The van der Waals surface area contributed by atoms with Gasteiger partial charge in [0.05, 0.1) is 22.8 Å². The number of hydrogen-bond acceptors (Lipinski definition) is 3. The van der Waals surface area contributed by atoms with Crippen LogP contribution in [-0.2, 0) is 9.31 Å². The molecule has 1 fully saturated rings. The van der Waals surface area contributed by atoms with E-state index in [2.05, 4.69) is 26.0 Å². The predicted molar refractivity (Wildman–Crippen MR) is 90.8 cm³/mol. The smallest absolute Gasteiger partial charge is 0.399 e. The summed E-state index contributed by atoms with van der Waals surface area (Å²) in [6, 6.07) is 8.10. The molecule has 0 amide bonds. The quantitative estimate of drug-likeness (QED) is 0.799. The molecule has 0 saturated carbocycles. The molecule has 1 saturated heterocycles. The van der Waals surface area contributed by atoms with Gasteiger partial charge in [0.2, 0.25) is 0 Å². The molecule has 0 radical (unpaired) electrons. The Kier molecular flexibility index (Phi) is 4.51. The van der Waals surface area contributed by atoms with Gasteiger partial charge in [0, 0.05) is 0 Å². The Morgan fingerprint density at radius 2 is 1.82 bits per heavy atom. The van der Waals surface area contributed by atoms with Gasteiger partial charge in [-0.15, -0.1) is 0 Å². The average molecular weight is 297 g/mol. The topological polar surface area (TPSA) is 42.2 Å². The van der Waals surface area contributed by atoms with Gasteiger partial charge in [0.25, 0.3) is 0 Å². The summed E-state index contributed by atoms with van der Waals surface area (Å²) in [5.74, 6) is 0. The summed E-state index contributed by atoms with van der Waals surface area (Å²) in [5, 5.41) is 9.42. The fourth-order valence-electron chi connectivity index (χ4n) is 2.29. The van der Waals surface area contributed by atoms with E-state index < -0.39 is 7.12 Å². The Morgan fingerprint density at radius 3 is 2.32 bits per heavy atom. The molecule has 2 rings (SSSR count). The molecule has 0 spiro atoms. The number of nitrogens with zero attached hydrogens (tertiary/aromatic N) is 1. The zero-order valence-electron chi connectivity index (χ0n) is 14.4. The van der Waals surface area contributed by atoms with Crippen LogP contribution in [0.25, 0.3) is 6.08 Å². The number of benzene rings is 1. The van der Waals surface area contributed by atoms with Gasteiger partial charge in [-0.25, -0.2) is 0 Å². The van der Waals surface area contributed by atoms with E-state index >= 15 is 0 Å². The molecular formula is C18H24BNO2. The molecule has 3 nitrogen and oxygen atoms in total. The van der Waals surface area contributed by atoms with Crippen LogP contribution >= 0.6 is 0 Å². The zero-order valence-corrected chi connectivity index (χ0v) is 14.4. The summed E-state index contributed by atoms with van der Waals surface area (Å²) in [6.07, 6.45) is 3.04. The summed E-state index contributed by atoms with van der Waals surface area (Å²) >= 11 is 0. The van der Waals surface area contributed by atoms with Gasteiger partial charge in [-0.3, -0.25) is 0 Å². The molecule has 0 bridgehead atoms. The first-order valence-electron chi connectivity index (χ1n) is 7.77. The number of allylic oxidation sites excluding steroid dienone is 1. The van der Waals surface area contributed by atoms with Gasteiger partial charge in [0.1, 0.15) is 0 Å². The van der Waals surface area contributed by atoms with Crippen molar-refractivity contribution in [2.24, 2.45) is 0 Å². The summed E-state index contributed by atoms with van der Waals surface area (Å²) in [5.41, 5.74) is 2.99. The van der Waals surface area contributed by atoms with Crippen molar-refractivity contribution in [1.29, 1.82) is 5.26 Å². The lowest BCUT2D eigenvalue weighted by molar-refractivity contribution is 0.00578. The van der Waals surface area contributed by atoms with Crippen molar-refractivity contribution in [2.45, 2.75) is 59.2 Å². The standard InChI is InChI=1S/C18H24BNO2/c1-7-13(2)10-14-8-9-16(11-15(14)12-20)19-21-17(3,4)18(5,6)22-19/h8-11H,7H2,1-6H3/b13-10+. The first kappa shape index (κ1) is 16.8. The minimum Gasteiger partial charge on any atom is -0.399 e. The third kappa shape index (κ3) is 3.11. The van der Waals surface area contributed by atoms with Crippen molar-refractivity contribution >= 4 is 18.7 Å². The fourth-order valence-corrected chi connectivity index (χ4v) is 2.29. The molecule has 1 aromatic carbocycles. The maximum Gasteiger partial charge on any atom is 0.494 e. The lowest BCUT2D eigenvalue weighted by Crippen LogP contribution is -2.41. The average Bonchev–Trinajstić information content (AvgIpc) is 2.67. The van der Waals surface area contributed by atoms with Crippen molar-refractivity contribution in [3.63, 3.8) is 0 Å². The maximum atomic E-state index is 9.42. The van der Waals surface area contributed by atoms with E-state index in [1.807, 2.05) is 45.9 Å². The van der Waals surface area contributed by atoms with Crippen LogP contribution in [0.4, 0.5) is 0 Å². The minimum absolute atomic E-state index is 0.373. The van der Waals surface area contributed by atoms with Gasteiger partial charge in [0.15, 0.2) is 0 Å². The molecule has 0 aliphatic carbocycles. The molecular weight excluding hydrogens is 273 g/mol. The van der Waals surface area contributed by atoms with Gasteiger partial charge >= 0.3 is 7.12 Å². The van der Waals surface area contributed by atoms with Crippen molar-refractivity contribution in [2.75, 3.05) is 0 Å². The Balaban J connectivity index is 2.34. The fraction of sp³-hybridized carbons (Fsp3) is 0.500. The highest BCUT2D eigenvalue weighted by molar-refractivity contribution is 6.62. The Bertz CT molecular complexity index is 625. The van der Waals surface area contributed by atoms with Gasteiger partial charge in [-0.05, 0) is 58.1 Å². The summed E-state index contributed by atoms with van der Waals surface area (Å²) in [4.78, 5) is 0. The SMILES string of the molecule is CC/C(C)=C/c1ccc(B2OC(C)(C)C(C)(C)O2)cc1C#N. The third-order valence-electron chi connectivity index (χ3n) is 4.68. The molecule has 0 N–H and O–H groups in total. The molecule has 116 valence electrons. The summed E-state index contributed by atoms with van der Waals surface area (Å²) in [7, 11) is -0.428. The summed E-state index contributed by atoms with van der Waals surface area (Å²) < 4.78 is 12.1. The van der Waals surface area contributed by atoms with Crippen LogP contribution in [0.2, 0.25) is 0 Å². The van der Waals surface area contributed by atoms with Crippen molar-refractivity contribution in [3.05, 3.63) is 34.9 Å². The van der Waals surface area contributed by atoms with Gasteiger partial charge in [-0.2, -0.15) is 5.26 Å².